The van der Waals surface area contributed by atoms with E-state index in [0.717, 1.165) is 37.3 Å². The molecular weight excluding hydrogens is 204 g/mol. The first kappa shape index (κ1) is 10.9. The third-order valence-corrected chi connectivity index (χ3v) is 2.65. The van der Waals surface area contributed by atoms with Crippen LogP contribution in [0.1, 0.15) is 24.2 Å². The molecule has 0 atom stereocenters. The number of aromatic nitrogens is 2. The van der Waals surface area contributed by atoms with Crippen LogP contribution in [0, 0.1) is 6.92 Å². The zero-order valence-corrected chi connectivity index (χ0v) is 9.44. The third kappa shape index (κ3) is 2.68. The van der Waals surface area contributed by atoms with Crippen molar-refractivity contribution in [2.75, 3.05) is 13.1 Å². The van der Waals surface area contributed by atoms with Crippen molar-refractivity contribution in [3.63, 3.8) is 0 Å². The Morgan fingerprint density at radius 3 is 2.75 bits per heavy atom. The SMILES string of the molecule is Cc1cnc(CNC(=O)N2CCCC2)cn1. The summed E-state index contributed by atoms with van der Waals surface area (Å²) >= 11 is 0. The van der Waals surface area contributed by atoms with Gasteiger partial charge in [-0.1, -0.05) is 0 Å². The monoisotopic (exact) mass is 220 g/mol. The molecule has 2 rings (SSSR count). The number of hydrogen-bond donors (Lipinski definition) is 1. The van der Waals surface area contributed by atoms with Crippen LogP contribution in [0.25, 0.3) is 0 Å². The molecule has 1 saturated heterocycles. The predicted octanol–water partition coefficient (Wildman–Crippen LogP) is 1.09. The van der Waals surface area contributed by atoms with Gasteiger partial charge in [-0.15, -0.1) is 0 Å². The van der Waals surface area contributed by atoms with Crippen molar-refractivity contribution in [3.8, 4) is 0 Å². The molecule has 0 bridgehead atoms. The largest absolute Gasteiger partial charge is 0.332 e. The highest BCUT2D eigenvalue weighted by Crippen LogP contribution is 2.07. The maximum absolute atomic E-state index is 11.7. The fourth-order valence-electron chi connectivity index (χ4n) is 1.71. The lowest BCUT2D eigenvalue weighted by molar-refractivity contribution is 0.208. The number of likely N-dealkylation sites (tertiary alicyclic amines) is 1. The minimum absolute atomic E-state index is 0.000116. The number of amides is 2. The minimum Gasteiger partial charge on any atom is -0.332 e. The molecule has 5 nitrogen and oxygen atoms in total. The zero-order chi connectivity index (χ0) is 11.4. The van der Waals surface area contributed by atoms with Gasteiger partial charge in [-0.25, -0.2) is 4.79 Å². The number of carbonyl (C=O) groups is 1. The van der Waals surface area contributed by atoms with Crippen LogP contribution in [0.2, 0.25) is 0 Å². The van der Waals surface area contributed by atoms with Gasteiger partial charge in [0.15, 0.2) is 0 Å². The zero-order valence-electron chi connectivity index (χ0n) is 9.44. The van der Waals surface area contributed by atoms with Crippen LogP contribution in [0.15, 0.2) is 12.4 Å². The lowest BCUT2D eigenvalue weighted by Crippen LogP contribution is -2.37. The van der Waals surface area contributed by atoms with Gasteiger partial charge in [0.2, 0.25) is 0 Å². The molecule has 86 valence electrons. The molecule has 5 heteroatoms. The molecule has 1 aliphatic rings. The van der Waals surface area contributed by atoms with Gasteiger partial charge in [-0.2, -0.15) is 0 Å². The smallest absolute Gasteiger partial charge is 0.317 e. The molecular formula is C11H16N4O. The van der Waals surface area contributed by atoms with Crippen molar-refractivity contribution in [2.24, 2.45) is 0 Å². The quantitative estimate of drug-likeness (QED) is 0.811. The van der Waals surface area contributed by atoms with Gasteiger partial charge in [0.05, 0.1) is 24.1 Å². The Hall–Kier alpha value is -1.65. The highest BCUT2D eigenvalue weighted by atomic mass is 16.2. The Bertz CT molecular complexity index is 357. The lowest BCUT2D eigenvalue weighted by Gasteiger charge is -2.15. The maximum Gasteiger partial charge on any atom is 0.317 e. The van der Waals surface area contributed by atoms with E-state index in [2.05, 4.69) is 15.3 Å². The molecule has 1 aromatic rings. The molecule has 1 aromatic heterocycles. The van der Waals surface area contributed by atoms with Gasteiger partial charge in [0, 0.05) is 19.3 Å². The second kappa shape index (κ2) is 4.92. The molecule has 0 saturated carbocycles. The van der Waals surface area contributed by atoms with Crippen LogP contribution in [0.4, 0.5) is 4.79 Å². The molecule has 1 aliphatic heterocycles. The van der Waals surface area contributed by atoms with Crippen LogP contribution in [0.3, 0.4) is 0 Å². The molecule has 0 unspecified atom stereocenters. The average molecular weight is 220 g/mol. The summed E-state index contributed by atoms with van der Waals surface area (Å²) in [4.78, 5) is 21.8. The fourth-order valence-corrected chi connectivity index (χ4v) is 1.71. The number of urea groups is 1. The summed E-state index contributed by atoms with van der Waals surface area (Å²) in [7, 11) is 0. The van der Waals surface area contributed by atoms with Crippen LogP contribution >= 0.6 is 0 Å². The first-order valence-corrected chi connectivity index (χ1v) is 5.56. The Morgan fingerprint density at radius 1 is 1.38 bits per heavy atom. The van der Waals surface area contributed by atoms with Crippen molar-refractivity contribution in [1.82, 2.24) is 20.2 Å². The highest BCUT2D eigenvalue weighted by molar-refractivity contribution is 5.74. The number of carbonyl (C=O) groups excluding carboxylic acids is 1. The van der Waals surface area contributed by atoms with Crippen molar-refractivity contribution < 1.29 is 4.79 Å². The Labute approximate surface area is 94.9 Å². The first-order chi connectivity index (χ1) is 7.75. The summed E-state index contributed by atoms with van der Waals surface area (Å²) in [6.07, 6.45) is 5.62. The van der Waals surface area contributed by atoms with E-state index in [4.69, 9.17) is 0 Å². The molecule has 16 heavy (non-hydrogen) atoms. The normalized spacial score (nSPS) is 15.2. The number of nitrogens with one attached hydrogen (secondary N) is 1. The topological polar surface area (TPSA) is 58.1 Å². The van der Waals surface area contributed by atoms with Crippen molar-refractivity contribution >= 4 is 6.03 Å². The van der Waals surface area contributed by atoms with E-state index < -0.39 is 0 Å². The van der Waals surface area contributed by atoms with Gasteiger partial charge in [-0.05, 0) is 19.8 Å². The maximum atomic E-state index is 11.7. The van der Waals surface area contributed by atoms with E-state index in [9.17, 15) is 4.79 Å². The van der Waals surface area contributed by atoms with Gasteiger partial charge in [0.25, 0.3) is 0 Å². The molecule has 2 amide bonds. The van der Waals surface area contributed by atoms with Gasteiger partial charge < -0.3 is 10.2 Å². The molecule has 0 aromatic carbocycles. The van der Waals surface area contributed by atoms with Crippen LogP contribution in [-0.2, 0) is 6.54 Å². The molecule has 0 radical (unpaired) electrons. The number of rotatable bonds is 2. The lowest BCUT2D eigenvalue weighted by atomic mass is 10.4. The standard InChI is InChI=1S/C11H16N4O/c1-9-6-13-10(7-12-9)8-14-11(16)15-4-2-3-5-15/h6-7H,2-5,8H2,1H3,(H,14,16). The van der Waals surface area contributed by atoms with Gasteiger partial charge in [-0.3, -0.25) is 9.97 Å². The second-order valence-corrected chi connectivity index (χ2v) is 4.00. The fraction of sp³-hybridized carbons (Fsp3) is 0.545. The molecule has 1 N–H and O–H groups in total. The summed E-state index contributed by atoms with van der Waals surface area (Å²) in [6, 6.07) is -0.000116. The predicted molar refractivity (Wildman–Crippen MR) is 59.8 cm³/mol. The summed E-state index contributed by atoms with van der Waals surface area (Å²) in [5, 5.41) is 2.84. The highest BCUT2D eigenvalue weighted by Gasteiger charge is 2.17. The van der Waals surface area contributed by atoms with Crippen LogP contribution < -0.4 is 5.32 Å². The number of hydrogen-bond acceptors (Lipinski definition) is 3. The molecule has 0 aliphatic carbocycles. The summed E-state index contributed by atoms with van der Waals surface area (Å²) in [6.45, 7) is 4.07. The Morgan fingerprint density at radius 2 is 2.12 bits per heavy atom. The van der Waals surface area contributed by atoms with Gasteiger partial charge in [0.1, 0.15) is 0 Å². The second-order valence-electron chi connectivity index (χ2n) is 4.00. The summed E-state index contributed by atoms with van der Waals surface area (Å²) < 4.78 is 0. The Balaban J connectivity index is 1.82. The van der Waals surface area contributed by atoms with E-state index in [-0.39, 0.29) is 6.03 Å². The summed E-state index contributed by atoms with van der Waals surface area (Å²) in [5.41, 5.74) is 1.67. The number of aryl methyl sites for hydroxylation is 1. The number of nitrogens with zero attached hydrogens (tertiary/aromatic N) is 3. The van der Waals surface area contributed by atoms with Crippen molar-refractivity contribution in [1.29, 1.82) is 0 Å². The van der Waals surface area contributed by atoms with E-state index in [1.165, 1.54) is 0 Å². The third-order valence-electron chi connectivity index (χ3n) is 2.65. The average Bonchev–Trinajstić information content (AvgIpc) is 2.81. The molecule has 1 fully saturated rings. The van der Waals surface area contributed by atoms with E-state index >= 15 is 0 Å². The van der Waals surface area contributed by atoms with Crippen molar-refractivity contribution in [3.05, 3.63) is 23.8 Å². The molecule has 0 spiro atoms. The Kier molecular flexibility index (Phi) is 3.34. The van der Waals surface area contributed by atoms with Crippen molar-refractivity contribution in [2.45, 2.75) is 26.3 Å². The van der Waals surface area contributed by atoms with Crippen LogP contribution in [0.5, 0.6) is 0 Å². The van der Waals surface area contributed by atoms with E-state index in [1.54, 1.807) is 12.4 Å². The van der Waals surface area contributed by atoms with E-state index in [1.807, 2.05) is 11.8 Å². The molecule has 2 heterocycles. The van der Waals surface area contributed by atoms with E-state index in [0.29, 0.717) is 6.54 Å². The van der Waals surface area contributed by atoms with Gasteiger partial charge >= 0.3 is 6.03 Å². The minimum atomic E-state index is -0.000116. The summed E-state index contributed by atoms with van der Waals surface area (Å²) in [5.74, 6) is 0. The van der Waals surface area contributed by atoms with Crippen LogP contribution in [-0.4, -0.2) is 34.0 Å². The first-order valence-electron chi connectivity index (χ1n) is 5.56.